The lowest BCUT2D eigenvalue weighted by atomic mass is 10.1. The quantitative estimate of drug-likeness (QED) is 0.488. The average molecular weight is 429 g/mol. The minimum absolute atomic E-state index is 0.205. The molecule has 2 heterocycles. The highest BCUT2D eigenvalue weighted by Gasteiger charge is 2.15. The summed E-state index contributed by atoms with van der Waals surface area (Å²) >= 11 is 1.49. The fraction of sp³-hybridized carbons (Fsp3) is 0.200. The molecular weight excluding hydrogens is 408 g/mol. The third kappa shape index (κ3) is 4.16. The molecule has 7 nitrogen and oxygen atoms in total. The average Bonchev–Trinajstić information content (AvgIpc) is 3.30. The second-order valence-electron chi connectivity index (χ2n) is 6.55. The van der Waals surface area contributed by atoms with Gasteiger partial charge in [0.05, 0.1) is 17.7 Å². The van der Waals surface area contributed by atoms with Crippen molar-refractivity contribution in [2.24, 2.45) is 0 Å². The van der Waals surface area contributed by atoms with Gasteiger partial charge in [0.2, 0.25) is 15.0 Å². The van der Waals surface area contributed by atoms with Crippen LogP contribution in [-0.4, -0.2) is 36.7 Å². The van der Waals surface area contributed by atoms with E-state index in [9.17, 15) is 8.42 Å². The van der Waals surface area contributed by atoms with Crippen LogP contribution >= 0.6 is 11.3 Å². The van der Waals surface area contributed by atoms with E-state index in [2.05, 4.69) is 14.8 Å². The summed E-state index contributed by atoms with van der Waals surface area (Å²) in [7, 11) is -2.04. The van der Waals surface area contributed by atoms with Crippen LogP contribution in [0.1, 0.15) is 11.3 Å². The zero-order valence-electron chi connectivity index (χ0n) is 16.0. The second kappa shape index (κ2) is 7.94. The van der Waals surface area contributed by atoms with Crippen LogP contribution < -0.4 is 9.46 Å². The number of ether oxygens (including phenoxy) is 1. The highest BCUT2D eigenvalue weighted by molar-refractivity contribution is 7.89. The molecule has 0 atom stereocenters. The number of benzene rings is 2. The lowest BCUT2D eigenvalue weighted by Crippen LogP contribution is -2.26. The number of sulfonamides is 1. The molecule has 4 aromatic rings. The van der Waals surface area contributed by atoms with Crippen LogP contribution in [0.4, 0.5) is 0 Å². The fourth-order valence-corrected chi connectivity index (χ4v) is 4.84. The molecule has 0 unspecified atom stereocenters. The van der Waals surface area contributed by atoms with Gasteiger partial charge >= 0.3 is 0 Å². The van der Waals surface area contributed by atoms with Crippen molar-refractivity contribution in [1.29, 1.82) is 0 Å². The molecule has 4 rings (SSSR count). The summed E-state index contributed by atoms with van der Waals surface area (Å²) in [6, 6.07) is 14.3. The smallest absolute Gasteiger partial charge is 0.240 e. The minimum Gasteiger partial charge on any atom is -0.497 e. The maximum absolute atomic E-state index is 12.5. The topological polar surface area (TPSA) is 85.6 Å². The number of aryl methyl sites for hydroxylation is 1. The van der Waals surface area contributed by atoms with Crippen LogP contribution in [0.15, 0.2) is 58.8 Å². The Kier molecular flexibility index (Phi) is 5.35. The standard InChI is InChI=1S/C20H20N4O3S2/c1-14-4-3-5-15(12-14)19-22-20-24(23-19)16(13-28-20)10-11-21-29(25,26)18-8-6-17(27-2)7-9-18/h3-9,12-13,21H,10-11H2,1-2H3. The number of nitrogens with one attached hydrogen (secondary N) is 1. The van der Waals surface area contributed by atoms with Crippen LogP contribution in [0.3, 0.4) is 0 Å². The summed E-state index contributed by atoms with van der Waals surface area (Å²) in [4.78, 5) is 5.58. The zero-order chi connectivity index (χ0) is 20.4. The molecule has 0 aliphatic carbocycles. The number of methoxy groups -OCH3 is 1. The summed E-state index contributed by atoms with van der Waals surface area (Å²) in [5, 5.41) is 6.56. The number of thiazole rings is 1. The molecule has 0 spiro atoms. The van der Waals surface area contributed by atoms with Crippen LogP contribution in [0.25, 0.3) is 16.3 Å². The molecule has 1 N–H and O–H groups in total. The second-order valence-corrected chi connectivity index (χ2v) is 9.15. The Morgan fingerprint density at radius 2 is 1.97 bits per heavy atom. The van der Waals surface area contributed by atoms with Gasteiger partial charge in [-0.1, -0.05) is 23.8 Å². The molecule has 0 saturated carbocycles. The van der Waals surface area contributed by atoms with Gasteiger partial charge < -0.3 is 4.74 Å². The lowest BCUT2D eigenvalue weighted by Gasteiger charge is -2.07. The van der Waals surface area contributed by atoms with Gasteiger partial charge in [0.15, 0.2) is 5.82 Å². The zero-order valence-corrected chi connectivity index (χ0v) is 17.6. The number of hydrogen-bond acceptors (Lipinski definition) is 6. The first-order chi connectivity index (χ1) is 14.0. The van der Waals surface area contributed by atoms with Crippen molar-refractivity contribution >= 4 is 26.3 Å². The number of nitrogens with zero attached hydrogens (tertiary/aromatic N) is 3. The van der Waals surface area contributed by atoms with E-state index in [0.29, 0.717) is 18.0 Å². The first-order valence-electron chi connectivity index (χ1n) is 9.00. The van der Waals surface area contributed by atoms with Crippen molar-refractivity contribution in [3.05, 3.63) is 65.2 Å². The molecule has 0 amide bonds. The molecule has 29 heavy (non-hydrogen) atoms. The summed E-state index contributed by atoms with van der Waals surface area (Å²) < 4.78 is 34.4. The SMILES string of the molecule is COc1ccc(S(=O)(=O)NCCc2csc3nc(-c4cccc(C)c4)nn23)cc1. The predicted molar refractivity (Wildman–Crippen MR) is 113 cm³/mol. The monoisotopic (exact) mass is 428 g/mol. The maximum atomic E-state index is 12.5. The van der Waals surface area contributed by atoms with Crippen molar-refractivity contribution < 1.29 is 13.2 Å². The Labute approximate surface area is 173 Å². The van der Waals surface area contributed by atoms with Gasteiger partial charge in [-0.15, -0.1) is 16.4 Å². The molecule has 0 aliphatic rings. The molecule has 0 saturated heterocycles. The van der Waals surface area contributed by atoms with Gasteiger partial charge in [-0.2, -0.15) is 4.98 Å². The Morgan fingerprint density at radius 3 is 2.69 bits per heavy atom. The van der Waals surface area contributed by atoms with Crippen molar-refractivity contribution in [2.75, 3.05) is 13.7 Å². The number of fused-ring (bicyclic) bond motifs is 1. The van der Waals surface area contributed by atoms with Crippen molar-refractivity contribution in [3.8, 4) is 17.1 Å². The van der Waals surface area contributed by atoms with Gasteiger partial charge in [0, 0.05) is 23.9 Å². The van der Waals surface area contributed by atoms with Gasteiger partial charge in [-0.25, -0.2) is 17.7 Å². The molecule has 0 bridgehead atoms. The summed E-state index contributed by atoms with van der Waals surface area (Å²) in [5.74, 6) is 1.28. The van der Waals surface area contributed by atoms with Crippen molar-refractivity contribution in [2.45, 2.75) is 18.2 Å². The van der Waals surface area contributed by atoms with E-state index in [1.54, 1.807) is 16.6 Å². The fourth-order valence-electron chi connectivity index (χ4n) is 2.95. The van der Waals surface area contributed by atoms with E-state index < -0.39 is 10.0 Å². The highest BCUT2D eigenvalue weighted by atomic mass is 32.2. The molecular formula is C20H20N4O3S2. The Balaban J connectivity index is 1.47. The van der Waals surface area contributed by atoms with Gasteiger partial charge in [0.1, 0.15) is 5.75 Å². The first-order valence-corrected chi connectivity index (χ1v) is 11.4. The van der Waals surface area contributed by atoms with E-state index in [-0.39, 0.29) is 11.4 Å². The number of rotatable bonds is 7. The predicted octanol–water partition coefficient (Wildman–Crippen LogP) is 3.30. The minimum atomic E-state index is -3.58. The van der Waals surface area contributed by atoms with E-state index >= 15 is 0 Å². The molecule has 0 radical (unpaired) electrons. The maximum Gasteiger partial charge on any atom is 0.240 e. The largest absolute Gasteiger partial charge is 0.497 e. The third-order valence-electron chi connectivity index (χ3n) is 4.47. The van der Waals surface area contributed by atoms with Crippen LogP contribution in [0.5, 0.6) is 5.75 Å². The van der Waals surface area contributed by atoms with Crippen LogP contribution in [0, 0.1) is 6.92 Å². The number of aromatic nitrogens is 3. The van der Waals surface area contributed by atoms with Gasteiger partial charge in [-0.3, -0.25) is 0 Å². The molecule has 2 aromatic heterocycles. The molecule has 2 aromatic carbocycles. The van der Waals surface area contributed by atoms with Crippen molar-refractivity contribution in [3.63, 3.8) is 0 Å². The summed E-state index contributed by atoms with van der Waals surface area (Å²) in [6.45, 7) is 2.29. The van der Waals surface area contributed by atoms with Gasteiger partial charge in [-0.05, 0) is 37.3 Å². The first kappa shape index (κ1) is 19.6. The molecule has 0 aliphatic heterocycles. The Morgan fingerprint density at radius 1 is 1.17 bits per heavy atom. The van der Waals surface area contributed by atoms with E-state index in [1.807, 2.05) is 36.6 Å². The third-order valence-corrected chi connectivity index (χ3v) is 6.81. The molecule has 0 fully saturated rings. The lowest BCUT2D eigenvalue weighted by molar-refractivity contribution is 0.414. The summed E-state index contributed by atoms with van der Waals surface area (Å²) in [6.07, 6.45) is 0.506. The van der Waals surface area contributed by atoms with E-state index in [1.165, 1.54) is 30.6 Å². The van der Waals surface area contributed by atoms with E-state index in [0.717, 1.165) is 21.8 Å². The van der Waals surface area contributed by atoms with Crippen LogP contribution in [-0.2, 0) is 16.4 Å². The van der Waals surface area contributed by atoms with Crippen molar-refractivity contribution in [1.82, 2.24) is 19.3 Å². The highest BCUT2D eigenvalue weighted by Crippen LogP contribution is 2.22. The summed E-state index contributed by atoms with van der Waals surface area (Å²) in [5.41, 5.74) is 3.02. The normalized spacial score (nSPS) is 11.8. The van der Waals surface area contributed by atoms with Crippen LogP contribution in [0.2, 0.25) is 0 Å². The van der Waals surface area contributed by atoms with Gasteiger partial charge in [0.25, 0.3) is 0 Å². The van der Waals surface area contributed by atoms with E-state index in [4.69, 9.17) is 4.74 Å². The Hall–Kier alpha value is -2.75. The Bertz CT molecular complexity index is 1240. The molecule has 150 valence electrons. The number of hydrogen-bond donors (Lipinski definition) is 1. The molecule has 9 heteroatoms.